The quantitative estimate of drug-likeness (QED) is 0.565. The molecule has 0 radical (unpaired) electrons. The van der Waals surface area contributed by atoms with Gasteiger partial charge in [-0.3, -0.25) is 14.2 Å². The van der Waals surface area contributed by atoms with Gasteiger partial charge >= 0.3 is 0 Å². The van der Waals surface area contributed by atoms with E-state index in [1.54, 1.807) is 23.1 Å². The van der Waals surface area contributed by atoms with Gasteiger partial charge in [0.25, 0.3) is 11.5 Å². The third-order valence-corrected chi connectivity index (χ3v) is 7.24. The molecule has 0 N–H and O–H groups in total. The van der Waals surface area contributed by atoms with Crippen LogP contribution in [0.25, 0.3) is 10.9 Å². The van der Waals surface area contributed by atoms with Gasteiger partial charge in [-0.15, -0.1) is 0 Å². The monoisotopic (exact) mass is 458 g/mol. The number of carbonyl (C=O) groups excluding carboxylic acids is 1. The Kier molecular flexibility index (Phi) is 6.66. The first-order chi connectivity index (χ1) is 16.6. The molecule has 0 atom stereocenters. The van der Waals surface area contributed by atoms with E-state index in [4.69, 9.17) is 4.98 Å². The number of fused-ring (bicyclic) bond motifs is 2. The topological polar surface area (TPSA) is 58.4 Å². The van der Waals surface area contributed by atoms with E-state index in [9.17, 15) is 9.59 Å². The molecule has 0 aliphatic carbocycles. The molecule has 34 heavy (non-hydrogen) atoms. The predicted molar refractivity (Wildman–Crippen MR) is 136 cm³/mol. The number of carbonyl (C=O) groups is 1. The fourth-order valence-electron chi connectivity index (χ4n) is 5.26. The van der Waals surface area contributed by atoms with Crippen molar-refractivity contribution < 1.29 is 4.79 Å². The second kappa shape index (κ2) is 10.00. The van der Waals surface area contributed by atoms with E-state index in [0.717, 1.165) is 56.7 Å². The Hall–Kier alpha value is -3.15. The van der Waals surface area contributed by atoms with Crippen LogP contribution in [0.15, 0.2) is 47.3 Å². The number of rotatable bonds is 4. The molecule has 1 saturated heterocycles. The molecule has 5 rings (SSSR count). The lowest BCUT2D eigenvalue weighted by Crippen LogP contribution is -2.29. The average molecular weight is 459 g/mol. The number of hydrogen-bond acceptors (Lipinski definition) is 4. The number of amides is 1. The second-order valence-electron chi connectivity index (χ2n) is 9.76. The van der Waals surface area contributed by atoms with Crippen molar-refractivity contribution in [3.05, 3.63) is 69.8 Å². The van der Waals surface area contributed by atoms with E-state index in [-0.39, 0.29) is 11.5 Å². The summed E-state index contributed by atoms with van der Waals surface area (Å²) in [6.45, 7) is 3.52. The molecular weight excluding hydrogens is 424 g/mol. The smallest absolute Gasteiger partial charge is 0.261 e. The van der Waals surface area contributed by atoms with Crippen molar-refractivity contribution in [2.75, 3.05) is 25.0 Å². The summed E-state index contributed by atoms with van der Waals surface area (Å²) in [4.78, 5) is 35.2. The highest BCUT2D eigenvalue weighted by Crippen LogP contribution is 2.21. The summed E-state index contributed by atoms with van der Waals surface area (Å²) < 4.78 is 1.84. The zero-order chi connectivity index (χ0) is 23.5. The van der Waals surface area contributed by atoms with Crippen LogP contribution in [-0.2, 0) is 19.5 Å². The molecule has 0 saturated carbocycles. The van der Waals surface area contributed by atoms with Gasteiger partial charge in [-0.1, -0.05) is 25.0 Å². The molecule has 2 aromatic carbocycles. The van der Waals surface area contributed by atoms with Gasteiger partial charge in [-0.05, 0) is 68.0 Å². The van der Waals surface area contributed by atoms with Crippen LogP contribution >= 0.6 is 0 Å². The molecule has 0 spiro atoms. The Morgan fingerprint density at radius 1 is 0.912 bits per heavy atom. The predicted octanol–water partition coefficient (Wildman–Crippen LogP) is 4.78. The zero-order valence-electron chi connectivity index (χ0n) is 20.1. The lowest BCUT2D eigenvalue weighted by molar-refractivity contribution is 0.0785. The van der Waals surface area contributed by atoms with Gasteiger partial charge in [0.2, 0.25) is 0 Å². The van der Waals surface area contributed by atoms with Crippen molar-refractivity contribution in [2.45, 2.75) is 64.5 Å². The highest BCUT2D eigenvalue weighted by atomic mass is 16.2. The minimum Gasteiger partial charge on any atom is -0.372 e. The van der Waals surface area contributed by atoms with E-state index in [1.807, 2.05) is 11.6 Å². The molecule has 3 aromatic rings. The number of anilines is 1. The maximum atomic E-state index is 13.2. The fraction of sp³-hybridized carbons (Fsp3) is 0.464. The standard InChI is InChI=1S/C28H34N4O2/c1-30(20-21-10-13-23(14-11-21)31-16-6-4-7-17-31)27(33)22-12-15-24-25(19-22)29-26-9-5-2-3-8-18-32(26)28(24)34/h10-15,19H,2-9,16-18,20H2,1H3. The molecule has 3 heterocycles. The van der Waals surface area contributed by atoms with Gasteiger partial charge < -0.3 is 9.80 Å². The van der Waals surface area contributed by atoms with Gasteiger partial charge in [-0.25, -0.2) is 4.98 Å². The third kappa shape index (κ3) is 4.72. The van der Waals surface area contributed by atoms with Crippen LogP contribution < -0.4 is 10.5 Å². The summed E-state index contributed by atoms with van der Waals surface area (Å²) in [6.07, 6.45) is 9.06. The molecule has 0 unspecified atom stereocenters. The summed E-state index contributed by atoms with van der Waals surface area (Å²) >= 11 is 0. The SMILES string of the molecule is CN(Cc1ccc(N2CCCCC2)cc1)C(=O)c1ccc2c(=O)n3c(nc2c1)CCCCCC3. The molecule has 6 nitrogen and oxygen atoms in total. The van der Waals surface area contributed by atoms with Crippen molar-refractivity contribution in [3.8, 4) is 0 Å². The number of piperidine rings is 1. The number of hydrogen-bond donors (Lipinski definition) is 0. The molecule has 6 heteroatoms. The summed E-state index contributed by atoms with van der Waals surface area (Å²) in [5, 5.41) is 0.594. The van der Waals surface area contributed by atoms with Gasteiger partial charge in [0.05, 0.1) is 10.9 Å². The van der Waals surface area contributed by atoms with Crippen LogP contribution in [0.3, 0.4) is 0 Å². The van der Waals surface area contributed by atoms with Crippen molar-refractivity contribution in [3.63, 3.8) is 0 Å². The van der Waals surface area contributed by atoms with Crippen molar-refractivity contribution >= 4 is 22.5 Å². The zero-order valence-corrected chi connectivity index (χ0v) is 20.1. The number of aryl methyl sites for hydroxylation is 1. The normalized spacial score (nSPS) is 16.6. The lowest BCUT2D eigenvalue weighted by Gasteiger charge is -2.29. The van der Waals surface area contributed by atoms with Crippen molar-refractivity contribution in [1.82, 2.24) is 14.5 Å². The van der Waals surface area contributed by atoms with E-state index in [1.165, 1.54) is 31.4 Å². The first-order valence-electron chi connectivity index (χ1n) is 12.7. The van der Waals surface area contributed by atoms with Crippen LogP contribution in [0.4, 0.5) is 5.69 Å². The molecule has 2 aliphatic rings. The van der Waals surface area contributed by atoms with E-state index in [2.05, 4.69) is 29.2 Å². The molecule has 178 valence electrons. The maximum absolute atomic E-state index is 13.2. The Morgan fingerprint density at radius 2 is 1.62 bits per heavy atom. The molecule has 1 amide bonds. The molecule has 2 aliphatic heterocycles. The first kappa shape index (κ1) is 22.6. The van der Waals surface area contributed by atoms with Crippen LogP contribution in [0.5, 0.6) is 0 Å². The number of aromatic nitrogens is 2. The Balaban J connectivity index is 1.33. The molecular formula is C28H34N4O2. The summed E-state index contributed by atoms with van der Waals surface area (Å²) in [7, 11) is 1.83. The molecule has 1 aromatic heterocycles. The molecule has 1 fully saturated rings. The van der Waals surface area contributed by atoms with Crippen LogP contribution in [-0.4, -0.2) is 40.5 Å². The van der Waals surface area contributed by atoms with Crippen molar-refractivity contribution in [1.29, 1.82) is 0 Å². The van der Waals surface area contributed by atoms with Crippen LogP contribution in [0, 0.1) is 0 Å². The van der Waals surface area contributed by atoms with Crippen LogP contribution in [0.1, 0.15) is 66.7 Å². The summed E-state index contributed by atoms with van der Waals surface area (Å²) in [6, 6.07) is 13.9. The lowest BCUT2D eigenvalue weighted by atomic mass is 10.1. The Bertz CT molecular complexity index is 1230. The fourth-order valence-corrected chi connectivity index (χ4v) is 5.26. The van der Waals surface area contributed by atoms with E-state index >= 15 is 0 Å². The van der Waals surface area contributed by atoms with Gasteiger partial charge in [0, 0.05) is 50.9 Å². The summed E-state index contributed by atoms with van der Waals surface area (Å²) in [5.41, 5.74) is 3.59. The first-order valence-corrected chi connectivity index (χ1v) is 12.7. The van der Waals surface area contributed by atoms with Crippen LogP contribution in [0.2, 0.25) is 0 Å². The Labute approximate surface area is 201 Å². The van der Waals surface area contributed by atoms with E-state index < -0.39 is 0 Å². The Morgan fingerprint density at radius 3 is 2.41 bits per heavy atom. The highest BCUT2D eigenvalue weighted by Gasteiger charge is 2.17. The summed E-state index contributed by atoms with van der Waals surface area (Å²) in [5.74, 6) is 0.791. The maximum Gasteiger partial charge on any atom is 0.261 e. The van der Waals surface area contributed by atoms with Crippen molar-refractivity contribution in [2.24, 2.45) is 0 Å². The van der Waals surface area contributed by atoms with Gasteiger partial charge in [0.1, 0.15) is 5.82 Å². The van der Waals surface area contributed by atoms with Gasteiger partial charge in [0.15, 0.2) is 0 Å². The highest BCUT2D eigenvalue weighted by molar-refractivity contribution is 5.97. The minimum atomic E-state index is -0.0596. The van der Waals surface area contributed by atoms with E-state index in [0.29, 0.717) is 23.0 Å². The molecule has 0 bridgehead atoms. The van der Waals surface area contributed by atoms with Gasteiger partial charge in [-0.2, -0.15) is 0 Å². The average Bonchev–Trinajstić information content (AvgIpc) is 2.85. The number of nitrogens with zero attached hydrogens (tertiary/aromatic N) is 4. The third-order valence-electron chi connectivity index (χ3n) is 7.24. The number of benzene rings is 2. The second-order valence-corrected chi connectivity index (χ2v) is 9.76. The largest absolute Gasteiger partial charge is 0.372 e. The minimum absolute atomic E-state index is 0.0167.